The van der Waals surface area contributed by atoms with Gasteiger partial charge in [0.05, 0.1) is 12.8 Å². The Morgan fingerprint density at radius 1 is 1.29 bits per heavy atom. The molecule has 1 aliphatic heterocycles. The predicted molar refractivity (Wildman–Crippen MR) is 68.8 cm³/mol. The first-order chi connectivity index (χ1) is 8.04. The standard InChI is InChI=1S/C14H19NO2/c1-9(2)10-7-12-11(13(8-10)17-4)5-6-14(16)15(12)3/h7-9H,5-6H2,1-4H3. The average molecular weight is 233 g/mol. The number of fused-ring (bicyclic) bond motifs is 1. The molecule has 0 saturated carbocycles. The van der Waals surface area contributed by atoms with E-state index in [0.717, 1.165) is 23.4 Å². The first kappa shape index (κ1) is 12.0. The second kappa shape index (κ2) is 4.40. The van der Waals surface area contributed by atoms with Crippen molar-refractivity contribution in [3.05, 3.63) is 23.3 Å². The van der Waals surface area contributed by atoms with Gasteiger partial charge in [-0.05, 0) is 30.0 Å². The van der Waals surface area contributed by atoms with E-state index in [2.05, 4.69) is 26.0 Å². The minimum absolute atomic E-state index is 0.181. The maximum atomic E-state index is 11.7. The van der Waals surface area contributed by atoms with Gasteiger partial charge in [-0.3, -0.25) is 4.79 Å². The molecule has 1 aromatic rings. The van der Waals surface area contributed by atoms with Crippen LogP contribution < -0.4 is 9.64 Å². The molecular weight excluding hydrogens is 214 g/mol. The molecule has 0 aliphatic carbocycles. The zero-order chi connectivity index (χ0) is 12.6. The second-order valence-electron chi connectivity index (χ2n) is 4.83. The van der Waals surface area contributed by atoms with Crippen molar-refractivity contribution in [2.75, 3.05) is 19.1 Å². The third-order valence-corrected chi connectivity index (χ3v) is 3.42. The zero-order valence-electron chi connectivity index (χ0n) is 10.9. The molecule has 1 amide bonds. The maximum absolute atomic E-state index is 11.7. The number of hydrogen-bond donors (Lipinski definition) is 0. The summed E-state index contributed by atoms with van der Waals surface area (Å²) in [6.07, 6.45) is 1.35. The molecule has 0 saturated heterocycles. The topological polar surface area (TPSA) is 29.5 Å². The van der Waals surface area contributed by atoms with Crippen LogP contribution in [0.25, 0.3) is 0 Å². The third kappa shape index (κ3) is 2.02. The highest BCUT2D eigenvalue weighted by Crippen LogP contribution is 2.37. The van der Waals surface area contributed by atoms with E-state index < -0.39 is 0 Å². The Morgan fingerprint density at radius 3 is 2.59 bits per heavy atom. The van der Waals surface area contributed by atoms with Crippen molar-refractivity contribution in [1.29, 1.82) is 0 Å². The fourth-order valence-corrected chi connectivity index (χ4v) is 2.25. The number of rotatable bonds is 2. The van der Waals surface area contributed by atoms with Gasteiger partial charge in [-0.25, -0.2) is 0 Å². The SMILES string of the molecule is COc1cc(C(C)C)cc2c1CCC(=O)N2C. The van der Waals surface area contributed by atoms with Crippen molar-refractivity contribution in [2.24, 2.45) is 0 Å². The van der Waals surface area contributed by atoms with Crippen molar-refractivity contribution >= 4 is 11.6 Å². The van der Waals surface area contributed by atoms with Crippen LogP contribution in [0.2, 0.25) is 0 Å². The molecule has 0 radical (unpaired) electrons. The van der Waals surface area contributed by atoms with Crippen molar-refractivity contribution in [1.82, 2.24) is 0 Å². The van der Waals surface area contributed by atoms with Gasteiger partial charge in [-0.15, -0.1) is 0 Å². The Hall–Kier alpha value is -1.51. The number of methoxy groups -OCH3 is 1. The van der Waals surface area contributed by atoms with Crippen LogP contribution in [0, 0.1) is 0 Å². The minimum Gasteiger partial charge on any atom is -0.496 e. The second-order valence-corrected chi connectivity index (χ2v) is 4.83. The predicted octanol–water partition coefficient (Wildman–Crippen LogP) is 2.73. The first-order valence-electron chi connectivity index (χ1n) is 6.02. The van der Waals surface area contributed by atoms with Crippen LogP contribution in [0.1, 0.15) is 37.3 Å². The molecule has 92 valence electrons. The molecule has 0 aromatic heterocycles. The molecular formula is C14H19NO2. The van der Waals surface area contributed by atoms with E-state index in [1.54, 1.807) is 12.0 Å². The van der Waals surface area contributed by atoms with Gasteiger partial charge in [0.15, 0.2) is 0 Å². The summed E-state index contributed by atoms with van der Waals surface area (Å²) in [5, 5.41) is 0. The first-order valence-corrected chi connectivity index (χ1v) is 6.02. The fraction of sp³-hybridized carbons (Fsp3) is 0.500. The lowest BCUT2D eigenvalue weighted by atomic mass is 9.94. The Bertz CT molecular complexity index is 452. The summed E-state index contributed by atoms with van der Waals surface area (Å²) in [5.41, 5.74) is 3.37. The molecule has 1 heterocycles. The van der Waals surface area contributed by atoms with Gasteiger partial charge >= 0.3 is 0 Å². The number of anilines is 1. The lowest BCUT2D eigenvalue weighted by Crippen LogP contribution is -2.31. The van der Waals surface area contributed by atoms with Crippen LogP contribution in [0.15, 0.2) is 12.1 Å². The molecule has 0 N–H and O–H groups in total. The number of nitrogens with zero attached hydrogens (tertiary/aromatic N) is 1. The number of ether oxygens (including phenoxy) is 1. The monoisotopic (exact) mass is 233 g/mol. The summed E-state index contributed by atoms with van der Waals surface area (Å²) >= 11 is 0. The van der Waals surface area contributed by atoms with Crippen LogP contribution in [0.5, 0.6) is 5.75 Å². The van der Waals surface area contributed by atoms with Gasteiger partial charge in [0.2, 0.25) is 5.91 Å². The van der Waals surface area contributed by atoms with Crippen LogP contribution in [0.4, 0.5) is 5.69 Å². The quantitative estimate of drug-likeness (QED) is 0.786. The molecule has 0 fully saturated rings. The Labute approximate surface area is 102 Å². The summed E-state index contributed by atoms with van der Waals surface area (Å²) in [6, 6.07) is 4.20. The summed E-state index contributed by atoms with van der Waals surface area (Å²) in [6.45, 7) is 4.29. The highest BCUT2D eigenvalue weighted by molar-refractivity contribution is 5.96. The number of benzene rings is 1. The molecule has 0 spiro atoms. The molecule has 0 unspecified atom stereocenters. The van der Waals surface area contributed by atoms with Gasteiger partial charge < -0.3 is 9.64 Å². The zero-order valence-corrected chi connectivity index (χ0v) is 10.9. The summed E-state index contributed by atoms with van der Waals surface area (Å²) in [5.74, 6) is 1.52. The van der Waals surface area contributed by atoms with Gasteiger partial charge in [0.25, 0.3) is 0 Å². The summed E-state index contributed by atoms with van der Waals surface area (Å²) < 4.78 is 5.45. The average Bonchev–Trinajstić information content (AvgIpc) is 2.32. The van der Waals surface area contributed by atoms with E-state index in [1.807, 2.05) is 7.05 Å². The van der Waals surface area contributed by atoms with Gasteiger partial charge in [-0.1, -0.05) is 13.8 Å². The number of hydrogen-bond acceptors (Lipinski definition) is 2. The van der Waals surface area contributed by atoms with Gasteiger partial charge in [0, 0.05) is 19.0 Å². The van der Waals surface area contributed by atoms with E-state index in [4.69, 9.17) is 4.74 Å². The molecule has 3 heteroatoms. The van der Waals surface area contributed by atoms with Crippen LogP contribution in [0.3, 0.4) is 0 Å². The van der Waals surface area contributed by atoms with E-state index in [9.17, 15) is 4.79 Å². The van der Waals surface area contributed by atoms with Crippen molar-refractivity contribution in [3.8, 4) is 5.75 Å². The van der Waals surface area contributed by atoms with Crippen molar-refractivity contribution in [3.63, 3.8) is 0 Å². The lowest BCUT2D eigenvalue weighted by molar-refractivity contribution is -0.118. The third-order valence-electron chi connectivity index (χ3n) is 3.42. The highest BCUT2D eigenvalue weighted by Gasteiger charge is 2.24. The van der Waals surface area contributed by atoms with E-state index in [1.165, 1.54) is 5.56 Å². The normalized spacial score (nSPS) is 15.1. The Kier molecular flexibility index (Phi) is 3.09. The van der Waals surface area contributed by atoms with Crippen LogP contribution in [-0.2, 0) is 11.2 Å². The van der Waals surface area contributed by atoms with Crippen molar-refractivity contribution < 1.29 is 9.53 Å². The van der Waals surface area contributed by atoms with Crippen molar-refractivity contribution in [2.45, 2.75) is 32.6 Å². The van der Waals surface area contributed by atoms with Gasteiger partial charge in [-0.2, -0.15) is 0 Å². The molecule has 1 aliphatic rings. The molecule has 3 nitrogen and oxygen atoms in total. The molecule has 17 heavy (non-hydrogen) atoms. The summed E-state index contributed by atoms with van der Waals surface area (Å²) in [7, 11) is 3.53. The Balaban J connectivity index is 2.58. The largest absolute Gasteiger partial charge is 0.496 e. The van der Waals surface area contributed by atoms with E-state index in [0.29, 0.717) is 12.3 Å². The molecule has 0 bridgehead atoms. The maximum Gasteiger partial charge on any atom is 0.227 e. The van der Waals surface area contributed by atoms with Crippen LogP contribution >= 0.6 is 0 Å². The molecule has 1 aromatic carbocycles. The fourth-order valence-electron chi connectivity index (χ4n) is 2.25. The smallest absolute Gasteiger partial charge is 0.227 e. The summed E-state index contributed by atoms with van der Waals surface area (Å²) in [4.78, 5) is 13.5. The number of carbonyl (C=O) groups is 1. The van der Waals surface area contributed by atoms with Gasteiger partial charge in [0.1, 0.15) is 5.75 Å². The van der Waals surface area contributed by atoms with E-state index in [-0.39, 0.29) is 5.91 Å². The van der Waals surface area contributed by atoms with Crippen LogP contribution in [-0.4, -0.2) is 20.1 Å². The molecule has 2 rings (SSSR count). The number of amides is 1. The highest BCUT2D eigenvalue weighted by atomic mass is 16.5. The lowest BCUT2D eigenvalue weighted by Gasteiger charge is -2.28. The van der Waals surface area contributed by atoms with E-state index >= 15 is 0 Å². The molecule has 0 atom stereocenters. The number of carbonyl (C=O) groups excluding carboxylic acids is 1. The minimum atomic E-state index is 0.181. The Morgan fingerprint density at radius 2 is 2.00 bits per heavy atom.